The number of fused-ring (bicyclic) bond motifs is 2. The third kappa shape index (κ3) is 9.38. The van der Waals surface area contributed by atoms with Crippen molar-refractivity contribution in [1.29, 1.82) is 0 Å². The number of pyridine rings is 2. The first-order chi connectivity index (χ1) is 24.7. The summed E-state index contributed by atoms with van der Waals surface area (Å²) in [4.78, 5) is 17.8. The van der Waals surface area contributed by atoms with Gasteiger partial charge in [0.25, 0.3) is 0 Å². The van der Waals surface area contributed by atoms with Crippen molar-refractivity contribution in [3.63, 3.8) is 0 Å². The van der Waals surface area contributed by atoms with Crippen LogP contribution in [0.25, 0.3) is 44.6 Å². The van der Waals surface area contributed by atoms with Gasteiger partial charge in [0, 0.05) is 50.7 Å². The summed E-state index contributed by atoms with van der Waals surface area (Å²) in [7, 11) is 5.58. The van der Waals surface area contributed by atoms with E-state index in [9.17, 15) is 5.11 Å². The quantitative estimate of drug-likeness (QED) is 0.0562. The van der Waals surface area contributed by atoms with Crippen molar-refractivity contribution in [2.45, 2.75) is 45.1 Å². The number of nitrogens with zero attached hydrogens (tertiary/aromatic N) is 8. The number of thiocarbonyl (C=S) groups is 1. The summed E-state index contributed by atoms with van der Waals surface area (Å²) in [5.74, 6) is 0. The van der Waals surface area contributed by atoms with Gasteiger partial charge >= 0.3 is 0 Å². The SMILES string of the molecule is CN(/N=C/c1cc(-c2cncn2C)nc2ccc(CCCCO)cc12)C(N)=S.Cn1cncc1-c1cc(CO)c2cc(CCCCO)ccc2n1. The highest BCUT2D eigenvalue weighted by atomic mass is 32.1. The molecule has 0 aliphatic rings. The first kappa shape index (κ1) is 37.2. The molecule has 0 saturated heterocycles. The third-order valence-electron chi connectivity index (χ3n) is 8.63. The van der Waals surface area contributed by atoms with Gasteiger partial charge in [-0.2, -0.15) is 5.10 Å². The molecule has 2 aromatic carbocycles. The molecule has 266 valence electrons. The van der Waals surface area contributed by atoms with Crippen molar-refractivity contribution in [3.8, 4) is 22.8 Å². The number of nitrogens with two attached hydrogens (primary N) is 1. The Morgan fingerprint density at radius 3 is 1.80 bits per heavy atom. The molecule has 0 radical (unpaired) electrons. The van der Waals surface area contributed by atoms with E-state index in [1.165, 1.54) is 16.1 Å². The van der Waals surface area contributed by atoms with Crippen LogP contribution >= 0.6 is 12.2 Å². The van der Waals surface area contributed by atoms with Crippen molar-refractivity contribution in [2.24, 2.45) is 24.9 Å². The molecule has 6 rings (SSSR count). The monoisotopic (exact) mass is 707 g/mol. The topological polar surface area (TPSA) is 164 Å². The molecule has 0 aliphatic heterocycles. The van der Waals surface area contributed by atoms with Gasteiger partial charge in [-0.05, 0) is 104 Å². The Morgan fingerprint density at radius 2 is 1.31 bits per heavy atom. The standard InChI is InChI=1S/C20H24N6OS.C18H21N3O2/c1-25-13-22-12-19(25)18-10-15(11-23-26(2)20(21)28)16-9-14(5-3-4-8-27)6-7-17(16)24-18;1-21-12-19-10-18(21)17-9-14(11-23)15-8-13(4-2-3-7-22)5-6-16(15)20-17/h6-7,9-13,27H,3-5,8H2,1-2H3,(H2,21,28);5-6,8-10,12,22-23H,2-4,7,11H2,1H3/b23-11+;. The van der Waals surface area contributed by atoms with E-state index in [2.05, 4.69) is 39.3 Å². The number of aryl methyl sites for hydroxylation is 4. The maximum Gasteiger partial charge on any atom is 0.186 e. The lowest BCUT2D eigenvalue weighted by Gasteiger charge is -2.11. The van der Waals surface area contributed by atoms with Crippen LogP contribution in [0.2, 0.25) is 0 Å². The lowest BCUT2D eigenvalue weighted by molar-refractivity contribution is 0.283. The number of hydrazone groups is 1. The highest BCUT2D eigenvalue weighted by molar-refractivity contribution is 7.80. The zero-order valence-electron chi connectivity index (χ0n) is 29.3. The smallest absolute Gasteiger partial charge is 0.186 e. The van der Waals surface area contributed by atoms with E-state index in [4.69, 9.17) is 38.1 Å². The van der Waals surface area contributed by atoms with Gasteiger partial charge in [0.1, 0.15) is 0 Å². The van der Waals surface area contributed by atoms with Gasteiger partial charge in [-0.3, -0.25) is 0 Å². The fourth-order valence-electron chi connectivity index (χ4n) is 5.75. The van der Waals surface area contributed by atoms with Gasteiger partial charge in [-0.15, -0.1) is 0 Å². The number of benzene rings is 2. The van der Waals surface area contributed by atoms with Gasteiger partial charge in [-0.25, -0.2) is 24.9 Å². The maximum atomic E-state index is 9.75. The van der Waals surface area contributed by atoms with Crippen molar-refractivity contribution >= 4 is 45.4 Å². The molecule has 0 spiro atoms. The second-order valence-electron chi connectivity index (χ2n) is 12.4. The molecule has 4 heterocycles. The Bertz CT molecular complexity index is 2130. The van der Waals surface area contributed by atoms with Crippen LogP contribution in [0.3, 0.4) is 0 Å². The van der Waals surface area contributed by atoms with E-state index in [1.807, 2.05) is 47.5 Å². The fraction of sp³-hybridized carbons (Fsp3) is 0.316. The number of aliphatic hydroxyl groups is 3. The second-order valence-corrected chi connectivity index (χ2v) is 12.8. The first-order valence-electron chi connectivity index (χ1n) is 16.9. The Hall–Kier alpha value is -5.08. The van der Waals surface area contributed by atoms with Crippen molar-refractivity contribution in [2.75, 3.05) is 20.3 Å². The maximum absolute atomic E-state index is 9.75. The Balaban J connectivity index is 0.000000201. The molecule has 4 aromatic heterocycles. The number of imidazole rings is 2. The molecule has 0 bridgehead atoms. The molecule has 0 fully saturated rings. The zero-order valence-corrected chi connectivity index (χ0v) is 30.1. The Kier molecular flexibility index (Phi) is 12.9. The summed E-state index contributed by atoms with van der Waals surface area (Å²) in [6.45, 7) is 0.418. The van der Waals surface area contributed by atoms with Crippen LogP contribution in [0.5, 0.6) is 0 Å². The van der Waals surface area contributed by atoms with Gasteiger partial charge < -0.3 is 30.2 Å². The van der Waals surface area contributed by atoms with Crippen molar-refractivity contribution < 1.29 is 15.3 Å². The molecular weight excluding hydrogens is 663 g/mol. The fourth-order valence-corrected chi connectivity index (χ4v) is 5.80. The molecule has 0 atom stereocenters. The molecule has 12 nitrogen and oxygen atoms in total. The average molecular weight is 708 g/mol. The lowest BCUT2D eigenvalue weighted by Crippen LogP contribution is -2.27. The summed E-state index contributed by atoms with van der Waals surface area (Å²) in [6, 6.07) is 16.3. The van der Waals surface area contributed by atoms with Gasteiger partial charge in [0.2, 0.25) is 0 Å². The van der Waals surface area contributed by atoms with Crippen LogP contribution in [0.4, 0.5) is 0 Å². The van der Waals surface area contributed by atoms with Gasteiger partial charge in [0.05, 0.1) is 71.7 Å². The first-order valence-corrected chi connectivity index (χ1v) is 17.3. The number of aromatic nitrogens is 6. The summed E-state index contributed by atoms with van der Waals surface area (Å²) < 4.78 is 3.85. The number of unbranched alkanes of at least 4 members (excludes halogenated alkanes) is 2. The summed E-state index contributed by atoms with van der Waals surface area (Å²) in [5, 5.41) is 35.7. The van der Waals surface area contributed by atoms with Crippen LogP contribution in [0.15, 0.2) is 78.7 Å². The number of hydrogen-bond donors (Lipinski definition) is 4. The van der Waals surface area contributed by atoms with E-state index >= 15 is 0 Å². The number of rotatable bonds is 13. The molecular formula is C38H45N9O3S. The second kappa shape index (κ2) is 17.7. The third-order valence-corrected chi connectivity index (χ3v) is 8.89. The minimum absolute atomic E-state index is 0.0238. The highest BCUT2D eigenvalue weighted by Gasteiger charge is 2.12. The summed E-state index contributed by atoms with van der Waals surface area (Å²) >= 11 is 4.96. The van der Waals surface area contributed by atoms with E-state index in [0.717, 1.165) is 94.2 Å². The lowest BCUT2D eigenvalue weighted by atomic mass is 10.0. The van der Waals surface area contributed by atoms with Crippen LogP contribution in [-0.4, -0.2) is 81.0 Å². The minimum atomic E-state index is -0.0238. The van der Waals surface area contributed by atoms with Crippen LogP contribution in [0, 0.1) is 0 Å². The Labute approximate surface area is 303 Å². The number of aliphatic hydroxyl groups excluding tert-OH is 3. The van der Waals surface area contributed by atoms with E-state index in [1.54, 1.807) is 38.3 Å². The number of hydrogen-bond acceptors (Lipinski definition) is 9. The summed E-state index contributed by atoms with van der Waals surface area (Å²) in [6.07, 6.45) is 14.1. The van der Waals surface area contributed by atoms with E-state index in [-0.39, 0.29) is 24.9 Å². The molecule has 0 unspecified atom stereocenters. The predicted molar refractivity (Wildman–Crippen MR) is 206 cm³/mol. The van der Waals surface area contributed by atoms with Gasteiger partial charge in [0.15, 0.2) is 5.11 Å². The zero-order chi connectivity index (χ0) is 36.3. The minimum Gasteiger partial charge on any atom is -0.396 e. The molecule has 0 saturated carbocycles. The van der Waals surface area contributed by atoms with Crippen LogP contribution in [0.1, 0.15) is 47.9 Å². The molecule has 0 aliphatic carbocycles. The van der Waals surface area contributed by atoms with Crippen molar-refractivity contribution in [1.82, 2.24) is 34.1 Å². The molecule has 6 aromatic rings. The normalized spacial score (nSPS) is 11.3. The van der Waals surface area contributed by atoms with Crippen LogP contribution < -0.4 is 5.73 Å². The highest BCUT2D eigenvalue weighted by Crippen LogP contribution is 2.27. The van der Waals surface area contributed by atoms with E-state index in [0.29, 0.717) is 0 Å². The van der Waals surface area contributed by atoms with Crippen molar-refractivity contribution in [3.05, 3.63) is 95.8 Å². The molecule has 0 amide bonds. The van der Waals surface area contributed by atoms with Crippen LogP contribution in [-0.2, 0) is 33.5 Å². The Morgan fingerprint density at radius 1 is 0.784 bits per heavy atom. The largest absolute Gasteiger partial charge is 0.396 e. The summed E-state index contributed by atoms with van der Waals surface area (Å²) in [5.41, 5.74) is 15.1. The van der Waals surface area contributed by atoms with Gasteiger partial charge in [-0.1, -0.05) is 12.1 Å². The molecule has 13 heteroatoms. The predicted octanol–water partition coefficient (Wildman–Crippen LogP) is 4.90. The average Bonchev–Trinajstić information content (AvgIpc) is 3.77. The molecule has 5 N–H and O–H groups in total. The van der Waals surface area contributed by atoms with E-state index < -0.39 is 0 Å². The molecule has 51 heavy (non-hydrogen) atoms.